The van der Waals surface area contributed by atoms with E-state index in [4.69, 9.17) is 16.3 Å². The van der Waals surface area contributed by atoms with Gasteiger partial charge in [-0.25, -0.2) is 14.8 Å². The highest BCUT2D eigenvalue weighted by Crippen LogP contribution is 2.25. The van der Waals surface area contributed by atoms with Crippen LogP contribution in [0.3, 0.4) is 0 Å². The van der Waals surface area contributed by atoms with E-state index in [0.29, 0.717) is 16.2 Å². The molecule has 4 nitrogen and oxygen atoms in total. The first kappa shape index (κ1) is 13.5. The Kier molecular flexibility index (Phi) is 3.54. The summed E-state index contributed by atoms with van der Waals surface area (Å²) >= 11 is 5.90. The number of esters is 1. The van der Waals surface area contributed by atoms with E-state index in [2.05, 4.69) is 9.97 Å². The zero-order valence-electron chi connectivity index (χ0n) is 11.2. The molecule has 0 saturated heterocycles. The lowest BCUT2D eigenvalue weighted by molar-refractivity contribution is 0.0595. The second-order valence-electron chi connectivity index (χ2n) is 4.41. The summed E-state index contributed by atoms with van der Waals surface area (Å²) in [7, 11) is 1.32. The number of fused-ring (bicyclic) bond motifs is 1. The predicted molar refractivity (Wildman–Crippen MR) is 81.3 cm³/mol. The summed E-state index contributed by atoms with van der Waals surface area (Å²) < 4.78 is 4.80. The van der Waals surface area contributed by atoms with Crippen LogP contribution >= 0.6 is 11.6 Å². The zero-order chi connectivity index (χ0) is 14.8. The smallest absolute Gasteiger partial charge is 0.358 e. The van der Waals surface area contributed by atoms with Gasteiger partial charge in [-0.05, 0) is 24.3 Å². The van der Waals surface area contributed by atoms with Gasteiger partial charge in [0.1, 0.15) is 5.69 Å². The minimum absolute atomic E-state index is 0.193. The first-order valence-electron chi connectivity index (χ1n) is 6.30. The van der Waals surface area contributed by atoms with Crippen molar-refractivity contribution in [1.29, 1.82) is 0 Å². The van der Waals surface area contributed by atoms with Crippen molar-refractivity contribution in [2.24, 2.45) is 0 Å². The highest BCUT2D eigenvalue weighted by Gasteiger charge is 2.18. The van der Waals surface area contributed by atoms with Crippen LogP contribution in [0.5, 0.6) is 0 Å². The Morgan fingerprint density at radius 2 is 1.62 bits per heavy atom. The molecule has 0 amide bonds. The number of para-hydroxylation sites is 2. The number of aromatic nitrogens is 2. The average Bonchev–Trinajstić information content (AvgIpc) is 2.53. The van der Waals surface area contributed by atoms with E-state index >= 15 is 0 Å². The van der Waals surface area contributed by atoms with Crippen LogP contribution in [0, 0.1) is 0 Å². The number of halogens is 1. The van der Waals surface area contributed by atoms with Gasteiger partial charge in [0.25, 0.3) is 0 Å². The molecule has 0 unspecified atom stereocenters. The van der Waals surface area contributed by atoms with Crippen molar-refractivity contribution in [2.45, 2.75) is 0 Å². The van der Waals surface area contributed by atoms with Crippen molar-refractivity contribution in [1.82, 2.24) is 9.97 Å². The van der Waals surface area contributed by atoms with Crippen LogP contribution in [-0.4, -0.2) is 23.0 Å². The Labute approximate surface area is 126 Å². The number of hydrogen-bond donors (Lipinski definition) is 0. The van der Waals surface area contributed by atoms with Crippen molar-refractivity contribution < 1.29 is 9.53 Å². The van der Waals surface area contributed by atoms with Gasteiger partial charge >= 0.3 is 5.97 Å². The molecule has 0 fully saturated rings. The lowest BCUT2D eigenvalue weighted by Crippen LogP contribution is -2.08. The molecule has 2 aromatic carbocycles. The van der Waals surface area contributed by atoms with Crippen molar-refractivity contribution in [3.63, 3.8) is 0 Å². The molecule has 0 radical (unpaired) electrons. The number of carbonyl (C=O) groups is 1. The first-order valence-corrected chi connectivity index (χ1v) is 6.68. The monoisotopic (exact) mass is 298 g/mol. The molecule has 0 bridgehead atoms. The van der Waals surface area contributed by atoms with Gasteiger partial charge in [-0.2, -0.15) is 0 Å². The predicted octanol–water partition coefficient (Wildman–Crippen LogP) is 3.74. The molecule has 0 atom stereocenters. The van der Waals surface area contributed by atoms with Crippen LogP contribution in [-0.2, 0) is 4.74 Å². The van der Waals surface area contributed by atoms with Gasteiger partial charge in [-0.1, -0.05) is 35.9 Å². The standard InChI is InChI=1S/C16H11ClN2O2/c1-21-16(20)15-14(10-6-8-11(17)9-7-10)18-12-4-2-3-5-13(12)19-15/h2-9H,1H3. The number of rotatable bonds is 2. The maximum Gasteiger partial charge on any atom is 0.358 e. The SMILES string of the molecule is COC(=O)c1nc2ccccc2nc1-c1ccc(Cl)cc1. The summed E-state index contributed by atoms with van der Waals surface area (Å²) in [5.74, 6) is -0.516. The molecule has 5 heteroatoms. The summed E-state index contributed by atoms with van der Waals surface area (Å²) in [5, 5.41) is 0.618. The molecule has 0 spiro atoms. The number of carbonyl (C=O) groups excluding carboxylic acids is 1. The van der Waals surface area contributed by atoms with E-state index in [1.807, 2.05) is 18.2 Å². The molecule has 3 rings (SSSR count). The molecular weight excluding hydrogens is 288 g/mol. The van der Waals surface area contributed by atoms with E-state index in [0.717, 1.165) is 11.1 Å². The molecule has 0 aliphatic carbocycles. The van der Waals surface area contributed by atoms with E-state index in [1.54, 1.807) is 30.3 Å². The first-order chi connectivity index (χ1) is 10.2. The molecule has 0 aliphatic rings. The third-order valence-electron chi connectivity index (χ3n) is 3.07. The van der Waals surface area contributed by atoms with Crippen molar-refractivity contribution in [3.05, 3.63) is 59.2 Å². The average molecular weight is 299 g/mol. The number of benzene rings is 2. The molecule has 1 heterocycles. The lowest BCUT2D eigenvalue weighted by atomic mass is 10.1. The van der Waals surface area contributed by atoms with Crippen molar-refractivity contribution in [2.75, 3.05) is 7.11 Å². The topological polar surface area (TPSA) is 52.1 Å². The Morgan fingerprint density at radius 3 is 2.24 bits per heavy atom. The Bertz CT molecular complexity index is 816. The van der Waals surface area contributed by atoms with Crippen LogP contribution < -0.4 is 0 Å². The van der Waals surface area contributed by atoms with Gasteiger partial charge < -0.3 is 4.74 Å². The molecule has 0 saturated carbocycles. The molecule has 1 aromatic heterocycles. The van der Waals surface area contributed by atoms with Crippen LogP contribution in [0.4, 0.5) is 0 Å². The van der Waals surface area contributed by atoms with Crippen LogP contribution in [0.25, 0.3) is 22.3 Å². The minimum Gasteiger partial charge on any atom is -0.464 e. The summed E-state index contributed by atoms with van der Waals surface area (Å²) in [6, 6.07) is 14.5. The summed E-state index contributed by atoms with van der Waals surface area (Å²) in [5.41, 5.74) is 2.81. The maximum atomic E-state index is 12.0. The van der Waals surface area contributed by atoms with Gasteiger partial charge in [0.15, 0.2) is 5.69 Å². The van der Waals surface area contributed by atoms with Crippen LogP contribution in [0.1, 0.15) is 10.5 Å². The van der Waals surface area contributed by atoms with Gasteiger partial charge in [-0.15, -0.1) is 0 Å². The molecular formula is C16H11ClN2O2. The Morgan fingerprint density at radius 1 is 1.00 bits per heavy atom. The van der Waals surface area contributed by atoms with Gasteiger partial charge in [-0.3, -0.25) is 0 Å². The molecule has 21 heavy (non-hydrogen) atoms. The molecule has 0 N–H and O–H groups in total. The van der Waals surface area contributed by atoms with Gasteiger partial charge in [0, 0.05) is 10.6 Å². The minimum atomic E-state index is -0.516. The number of ether oxygens (including phenoxy) is 1. The largest absolute Gasteiger partial charge is 0.464 e. The molecule has 0 aliphatic heterocycles. The van der Waals surface area contributed by atoms with E-state index in [-0.39, 0.29) is 5.69 Å². The fourth-order valence-electron chi connectivity index (χ4n) is 2.05. The Hall–Kier alpha value is -2.46. The summed E-state index contributed by atoms with van der Waals surface area (Å²) in [6.07, 6.45) is 0. The van der Waals surface area contributed by atoms with Crippen LogP contribution in [0.15, 0.2) is 48.5 Å². The van der Waals surface area contributed by atoms with E-state index < -0.39 is 5.97 Å². The quantitative estimate of drug-likeness (QED) is 0.676. The normalized spacial score (nSPS) is 10.6. The fourth-order valence-corrected chi connectivity index (χ4v) is 2.17. The van der Waals surface area contributed by atoms with E-state index in [1.165, 1.54) is 7.11 Å². The van der Waals surface area contributed by atoms with Crippen molar-refractivity contribution in [3.8, 4) is 11.3 Å². The zero-order valence-corrected chi connectivity index (χ0v) is 12.0. The number of methoxy groups -OCH3 is 1. The Balaban J connectivity index is 2.27. The summed E-state index contributed by atoms with van der Waals surface area (Å²) in [6.45, 7) is 0. The second-order valence-corrected chi connectivity index (χ2v) is 4.84. The number of nitrogens with zero attached hydrogens (tertiary/aromatic N) is 2. The summed E-state index contributed by atoms with van der Waals surface area (Å²) in [4.78, 5) is 20.9. The number of hydrogen-bond acceptors (Lipinski definition) is 4. The van der Waals surface area contributed by atoms with E-state index in [9.17, 15) is 4.79 Å². The highest BCUT2D eigenvalue weighted by molar-refractivity contribution is 6.30. The third kappa shape index (κ3) is 2.58. The molecule has 104 valence electrons. The fraction of sp³-hybridized carbons (Fsp3) is 0.0625. The lowest BCUT2D eigenvalue weighted by Gasteiger charge is -2.08. The maximum absolute atomic E-state index is 12.0. The third-order valence-corrected chi connectivity index (χ3v) is 3.32. The van der Waals surface area contributed by atoms with Crippen molar-refractivity contribution >= 4 is 28.6 Å². The second kappa shape index (κ2) is 5.50. The highest BCUT2D eigenvalue weighted by atomic mass is 35.5. The van der Waals surface area contributed by atoms with Gasteiger partial charge in [0.05, 0.1) is 18.1 Å². The molecule has 3 aromatic rings. The van der Waals surface area contributed by atoms with Gasteiger partial charge in [0.2, 0.25) is 0 Å². The van der Waals surface area contributed by atoms with Crippen LogP contribution in [0.2, 0.25) is 5.02 Å².